The molecular weight excluding hydrogens is 422 g/mol. The highest BCUT2D eigenvalue weighted by atomic mass is 32.1. The zero-order valence-electron chi connectivity index (χ0n) is 18.3. The number of thiophene rings is 1. The monoisotopic (exact) mass is 449 g/mol. The van der Waals surface area contributed by atoms with Crippen molar-refractivity contribution in [1.82, 2.24) is 10.2 Å². The highest BCUT2D eigenvalue weighted by Crippen LogP contribution is 2.39. The van der Waals surface area contributed by atoms with Gasteiger partial charge in [0, 0.05) is 44.9 Å². The molecule has 0 radical (unpaired) electrons. The molecule has 6 nitrogen and oxygen atoms in total. The largest absolute Gasteiger partial charge is 0.378 e. The third-order valence-corrected chi connectivity index (χ3v) is 6.70. The van der Waals surface area contributed by atoms with Gasteiger partial charge in [0.05, 0.1) is 23.1 Å². The first-order valence-corrected chi connectivity index (χ1v) is 11.5. The van der Waals surface area contributed by atoms with Gasteiger partial charge in [-0.2, -0.15) is 0 Å². The second-order valence-corrected chi connectivity index (χ2v) is 8.76. The van der Waals surface area contributed by atoms with Crippen molar-refractivity contribution in [3.05, 3.63) is 76.7 Å². The molecule has 2 aromatic carbocycles. The molecule has 0 spiro atoms. The standard InChI is InChI=1S/C25H27N3O3S/c1-26-23(29)20-10-8-18(9-11-20)17-27(2)24(30)22-16-21(19-6-4-3-5-7-19)25(32-22)28-12-14-31-15-13-28/h3-11,16H,12-15,17H2,1-2H3,(H,26,29). The Morgan fingerprint density at radius 1 is 1.06 bits per heavy atom. The molecule has 7 heteroatoms. The number of hydrogen-bond donors (Lipinski definition) is 1. The van der Waals surface area contributed by atoms with E-state index in [1.165, 1.54) is 0 Å². The summed E-state index contributed by atoms with van der Waals surface area (Å²) >= 11 is 1.54. The van der Waals surface area contributed by atoms with E-state index in [0.717, 1.165) is 39.7 Å². The lowest BCUT2D eigenvalue weighted by atomic mass is 10.1. The number of anilines is 1. The molecule has 3 aromatic rings. The maximum absolute atomic E-state index is 13.3. The van der Waals surface area contributed by atoms with Crippen molar-refractivity contribution in [1.29, 1.82) is 0 Å². The van der Waals surface area contributed by atoms with Crippen molar-refractivity contribution in [3.8, 4) is 11.1 Å². The Morgan fingerprint density at radius 2 is 1.75 bits per heavy atom. The van der Waals surface area contributed by atoms with Crippen LogP contribution in [0, 0.1) is 0 Å². The molecule has 0 atom stereocenters. The van der Waals surface area contributed by atoms with Gasteiger partial charge < -0.3 is 19.9 Å². The minimum absolute atomic E-state index is 0.0120. The second-order valence-electron chi connectivity index (χ2n) is 7.73. The Balaban J connectivity index is 1.56. The van der Waals surface area contributed by atoms with E-state index in [1.807, 2.05) is 43.4 Å². The molecule has 166 valence electrons. The fourth-order valence-corrected chi connectivity index (χ4v) is 4.98. The molecule has 0 aliphatic carbocycles. The molecule has 2 amide bonds. The van der Waals surface area contributed by atoms with Gasteiger partial charge in [0.2, 0.25) is 0 Å². The minimum atomic E-state index is -0.122. The first-order chi connectivity index (χ1) is 15.6. The van der Waals surface area contributed by atoms with Crippen LogP contribution >= 0.6 is 11.3 Å². The predicted octanol–water partition coefficient (Wildman–Crippen LogP) is 3.88. The van der Waals surface area contributed by atoms with Crippen LogP contribution in [0.2, 0.25) is 0 Å². The van der Waals surface area contributed by atoms with Gasteiger partial charge >= 0.3 is 0 Å². The summed E-state index contributed by atoms with van der Waals surface area (Å²) in [6.07, 6.45) is 0. The number of nitrogens with one attached hydrogen (secondary N) is 1. The van der Waals surface area contributed by atoms with Gasteiger partial charge in [0.15, 0.2) is 0 Å². The topological polar surface area (TPSA) is 61.9 Å². The molecule has 2 heterocycles. The summed E-state index contributed by atoms with van der Waals surface area (Å²) in [6.45, 7) is 3.50. The van der Waals surface area contributed by atoms with Gasteiger partial charge in [-0.05, 0) is 29.3 Å². The maximum Gasteiger partial charge on any atom is 0.264 e. The molecule has 0 bridgehead atoms. The zero-order chi connectivity index (χ0) is 22.5. The number of rotatable bonds is 6. The zero-order valence-corrected chi connectivity index (χ0v) is 19.2. The van der Waals surface area contributed by atoms with Crippen molar-refractivity contribution < 1.29 is 14.3 Å². The molecule has 1 saturated heterocycles. The third kappa shape index (κ3) is 4.84. The number of amides is 2. The van der Waals surface area contributed by atoms with E-state index >= 15 is 0 Å². The summed E-state index contributed by atoms with van der Waals surface area (Å²) in [5.74, 6) is -0.134. The summed E-state index contributed by atoms with van der Waals surface area (Å²) in [4.78, 5) is 29.8. The second kappa shape index (κ2) is 9.97. The van der Waals surface area contributed by atoms with Crippen molar-refractivity contribution in [2.45, 2.75) is 6.54 Å². The fraction of sp³-hybridized carbons (Fsp3) is 0.280. The molecule has 4 rings (SSSR count). The Labute approximate surface area is 192 Å². The van der Waals surface area contributed by atoms with E-state index in [-0.39, 0.29) is 11.8 Å². The van der Waals surface area contributed by atoms with Gasteiger partial charge in [-0.3, -0.25) is 9.59 Å². The minimum Gasteiger partial charge on any atom is -0.378 e. The lowest BCUT2D eigenvalue weighted by Crippen LogP contribution is -2.35. The highest BCUT2D eigenvalue weighted by molar-refractivity contribution is 7.18. The predicted molar refractivity (Wildman–Crippen MR) is 128 cm³/mol. The normalized spacial score (nSPS) is 13.6. The lowest BCUT2D eigenvalue weighted by molar-refractivity contribution is 0.0789. The first kappa shape index (κ1) is 22.0. The lowest BCUT2D eigenvalue weighted by Gasteiger charge is -2.28. The number of hydrogen-bond acceptors (Lipinski definition) is 5. The quantitative estimate of drug-likeness (QED) is 0.620. The Bertz CT molecular complexity index is 1070. The Hall–Kier alpha value is -3.16. The average Bonchev–Trinajstić information content (AvgIpc) is 3.30. The van der Waals surface area contributed by atoms with Crippen molar-refractivity contribution >= 4 is 28.2 Å². The van der Waals surface area contributed by atoms with Crippen LogP contribution in [0.1, 0.15) is 25.6 Å². The Kier molecular flexibility index (Phi) is 6.87. The van der Waals surface area contributed by atoms with E-state index < -0.39 is 0 Å². The molecular formula is C25H27N3O3S. The number of benzene rings is 2. The smallest absolute Gasteiger partial charge is 0.264 e. The molecule has 1 fully saturated rings. The van der Waals surface area contributed by atoms with Crippen LogP contribution in [-0.4, -0.2) is 57.1 Å². The van der Waals surface area contributed by atoms with E-state index in [9.17, 15) is 9.59 Å². The maximum atomic E-state index is 13.3. The Morgan fingerprint density at radius 3 is 2.41 bits per heavy atom. The summed E-state index contributed by atoms with van der Waals surface area (Å²) < 4.78 is 5.52. The number of carbonyl (C=O) groups excluding carboxylic acids is 2. The summed E-state index contributed by atoms with van der Waals surface area (Å²) in [6, 6.07) is 19.5. The molecule has 1 aromatic heterocycles. The molecule has 32 heavy (non-hydrogen) atoms. The van der Waals surface area contributed by atoms with Crippen LogP contribution in [0.4, 0.5) is 5.00 Å². The number of ether oxygens (including phenoxy) is 1. The van der Waals surface area contributed by atoms with Crippen LogP contribution in [0.25, 0.3) is 11.1 Å². The van der Waals surface area contributed by atoms with Crippen LogP contribution < -0.4 is 10.2 Å². The van der Waals surface area contributed by atoms with Gasteiger partial charge in [-0.1, -0.05) is 42.5 Å². The summed E-state index contributed by atoms with van der Waals surface area (Å²) in [7, 11) is 3.42. The van der Waals surface area contributed by atoms with Gasteiger partial charge in [-0.25, -0.2) is 0 Å². The van der Waals surface area contributed by atoms with Crippen LogP contribution in [0.15, 0.2) is 60.7 Å². The molecule has 1 aliphatic rings. The van der Waals surface area contributed by atoms with Crippen LogP contribution in [-0.2, 0) is 11.3 Å². The van der Waals surface area contributed by atoms with Crippen molar-refractivity contribution in [2.24, 2.45) is 0 Å². The van der Waals surface area contributed by atoms with Gasteiger partial charge in [0.25, 0.3) is 11.8 Å². The van der Waals surface area contributed by atoms with Crippen molar-refractivity contribution in [3.63, 3.8) is 0 Å². The average molecular weight is 450 g/mol. The van der Waals surface area contributed by atoms with E-state index in [4.69, 9.17) is 4.74 Å². The first-order valence-electron chi connectivity index (χ1n) is 10.6. The van der Waals surface area contributed by atoms with Crippen molar-refractivity contribution in [2.75, 3.05) is 45.3 Å². The summed E-state index contributed by atoms with van der Waals surface area (Å²) in [5, 5.41) is 3.73. The summed E-state index contributed by atoms with van der Waals surface area (Å²) in [5.41, 5.74) is 3.77. The molecule has 1 aliphatic heterocycles. The van der Waals surface area contributed by atoms with E-state index in [1.54, 1.807) is 35.4 Å². The van der Waals surface area contributed by atoms with Gasteiger partial charge in [0.1, 0.15) is 0 Å². The number of carbonyl (C=O) groups is 2. The highest BCUT2D eigenvalue weighted by Gasteiger charge is 2.23. The third-order valence-electron chi connectivity index (χ3n) is 5.52. The van der Waals surface area contributed by atoms with Crippen LogP contribution in [0.3, 0.4) is 0 Å². The van der Waals surface area contributed by atoms with E-state index in [2.05, 4.69) is 22.3 Å². The number of morpholine rings is 1. The number of nitrogens with zero attached hydrogens (tertiary/aromatic N) is 2. The molecule has 0 unspecified atom stereocenters. The van der Waals surface area contributed by atoms with Gasteiger partial charge in [-0.15, -0.1) is 11.3 Å². The SMILES string of the molecule is CNC(=O)c1ccc(CN(C)C(=O)c2cc(-c3ccccc3)c(N3CCOCC3)s2)cc1. The fourth-order valence-electron chi connectivity index (χ4n) is 3.75. The van der Waals surface area contributed by atoms with Crippen LogP contribution in [0.5, 0.6) is 0 Å². The molecule has 1 N–H and O–H groups in total. The van der Waals surface area contributed by atoms with E-state index in [0.29, 0.717) is 25.3 Å². The molecule has 0 saturated carbocycles.